The summed E-state index contributed by atoms with van der Waals surface area (Å²) in [5.74, 6) is -0.354. The Hall–Kier alpha value is -1.65. The minimum atomic E-state index is -0.517. The highest BCUT2D eigenvalue weighted by Crippen LogP contribution is 2.22. The second-order valence-corrected chi connectivity index (χ2v) is 5.57. The fourth-order valence-electron chi connectivity index (χ4n) is 1.64. The summed E-state index contributed by atoms with van der Waals surface area (Å²) in [6, 6.07) is 5.69. The van der Waals surface area contributed by atoms with Crippen molar-refractivity contribution in [2.45, 2.75) is 39.1 Å². The maximum Gasteiger partial charge on any atom is 0.407 e. The molecule has 3 N–H and O–H groups in total. The Balaban J connectivity index is 2.59. The van der Waals surface area contributed by atoms with E-state index in [1.165, 1.54) is 0 Å². The molecular weight excluding hydrogens is 239 g/mol. The number of nitrogens with two attached hydrogens (primary N) is 1. The molecule has 0 heterocycles. The SMILES string of the molecule is [B]C(CNC(=O)OC(C)(C)C)c1cccc(C)c1N. The lowest BCUT2D eigenvalue weighted by atomic mass is 9.79. The van der Waals surface area contributed by atoms with Crippen molar-refractivity contribution in [2.75, 3.05) is 12.3 Å². The molecule has 0 fully saturated rings. The number of nitrogen functional groups attached to an aromatic ring is 1. The Morgan fingerprint density at radius 2 is 2.11 bits per heavy atom. The van der Waals surface area contributed by atoms with Crippen LogP contribution in [0.4, 0.5) is 10.5 Å². The minimum Gasteiger partial charge on any atom is -0.444 e. The summed E-state index contributed by atoms with van der Waals surface area (Å²) in [5, 5.41) is 2.64. The first-order valence-electron chi connectivity index (χ1n) is 6.28. The smallest absolute Gasteiger partial charge is 0.407 e. The second-order valence-electron chi connectivity index (χ2n) is 5.57. The summed E-state index contributed by atoms with van der Waals surface area (Å²) in [5.41, 5.74) is 7.92. The third-order valence-corrected chi connectivity index (χ3v) is 2.62. The van der Waals surface area contributed by atoms with Gasteiger partial charge in [-0.1, -0.05) is 18.2 Å². The van der Waals surface area contributed by atoms with Crippen LogP contribution in [0, 0.1) is 6.92 Å². The van der Waals surface area contributed by atoms with Gasteiger partial charge < -0.3 is 15.8 Å². The predicted octanol–water partition coefficient (Wildman–Crippen LogP) is 2.31. The Morgan fingerprint density at radius 3 is 2.68 bits per heavy atom. The number of carbonyl (C=O) groups excluding carboxylic acids is 1. The average molecular weight is 260 g/mol. The van der Waals surface area contributed by atoms with Crippen molar-refractivity contribution in [3.05, 3.63) is 29.3 Å². The van der Waals surface area contributed by atoms with E-state index in [2.05, 4.69) is 5.32 Å². The Bertz CT molecular complexity index is 455. The molecule has 1 rings (SSSR count). The molecule has 5 heteroatoms. The van der Waals surface area contributed by atoms with Crippen LogP contribution in [0.25, 0.3) is 0 Å². The summed E-state index contributed by atoms with van der Waals surface area (Å²) in [7, 11) is 6.03. The lowest BCUT2D eigenvalue weighted by Crippen LogP contribution is -2.35. The second kappa shape index (κ2) is 6.00. The number of amides is 1. The molecule has 1 unspecified atom stereocenters. The monoisotopic (exact) mass is 260 g/mol. The highest BCUT2D eigenvalue weighted by molar-refractivity contribution is 6.13. The molecule has 0 aliphatic rings. The van der Waals surface area contributed by atoms with Gasteiger partial charge in [0, 0.05) is 12.2 Å². The van der Waals surface area contributed by atoms with Crippen LogP contribution in [0.3, 0.4) is 0 Å². The number of ether oxygens (including phenoxy) is 1. The van der Waals surface area contributed by atoms with Crippen molar-refractivity contribution in [3.8, 4) is 0 Å². The van der Waals surface area contributed by atoms with Gasteiger partial charge >= 0.3 is 6.09 Å². The fraction of sp³-hybridized carbons (Fsp3) is 0.500. The molecule has 1 amide bonds. The molecule has 0 aliphatic carbocycles. The maximum absolute atomic E-state index is 11.5. The van der Waals surface area contributed by atoms with E-state index in [-0.39, 0.29) is 12.4 Å². The maximum atomic E-state index is 11.5. The molecular formula is C14H21BN2O2. The third kappa shape index (κ3) is 4.85. The van der Waals surface area contributed by atoms with E-state index >= 15 is 0 Å². The molecule has 102 valence electrons. The summed E-state index contributed by atoms with van der Waals surface area (Å²) < 4.78 is 5.14. The number of aryl methyl sites for hydroxylation is 1. The number of alkyl carbamates (subject to hydrolysis) is 1. The van der Waals surface area contributed by atoms with Gasteiger partial charge in [0.05, 0.1) is 7.85 Å². The van der Waals surface area contributed by atoms with Gasteiger partial charge in [0.1, 0.15) is 5.60 Å². The normalized spacial score (nSPS) is 12.8. The quantitative estimate of drug-likeness (QED) is 0.647. The predicted molar refractivity (Wildman–Crippen MR) is 78.3 cm³/mol. The van der Waals surface area contributed by atoms with Crippen LogP contribution >= 0.6 is 0 Å². The summed E-state index contributed by atoms with van der Waals surface area (Å²) >= 11 is 0. The molecule has 0 aliphatic heterocycles. The molecule has 19 heavy (non-hydrogen) atoms. The van der Waals surface area contributed by atoms with Gasteiger partial charge in [0.15, 0.2) is 0 Å². The zero-order chi connectivity index (χ0) is 14.6. The summed E-state index contributed by atoms with van der Waals surface area (Å²) in [4.78, 5) is 11.5. The summed E-state index contributed by atoms with van der Waals surface area (Å²) in [6.07, 6.45) is -0.478. The van der Waals surface area contributed by atoms with Gasteiger partial charge in [-0.15, -0.1) is 0 Å². The largest absolute Gasteiger partial charge is 0.444 e. The van der Waals surface area contributed by atoms with Crippen LogP contribution in [0.15, 0.2) is 18.2 Å². The van der Waals surface area contributed by atoms with Crippen molar-refractivity contribution >= 4 is 19.6 Å². The highest BCUT2D eigenvalue weighted by atomic mass is 16.6. The molecule has 1 aromatic carbocycles. The van der Waals surface area contributed by atoms with Gasteiger partial charge in [-0.25, -0.2) is 4.79 Å². The number of hydrogen-bond acceptors (Lipinski definition) is 3. The molecule has 0 spiro atoms. The molecule has 1 aromatic rings. The van der Waals surface area contributed by atoms with Crippen molar-refractivity contribution in [1.82, 2.24) is 5.32 Å². The van der Waals surface area contributed by atoms with E-state index in [0.717, 1.165) is 11.1 Å². The van der Waals surface area contributed by atoms with E-state index in [0.29, 0.717) is 5.69 Å². The van der Waals surface area contributed by atoms with Gasteiger partial charge in [-0.3, -0.25) is 0 Å². The van der Waals surface area contributed by atoms with Crippen LogP contribution in [0.1, 0.15) is 37.7 Å². The lowest BCUT2D eigenvalue weighted by Gasteiger charge is -2.21. The minimum absolute atomic E-state index is 0.280. The number of hydrogen-bond donors (Lipinski definition) is 2. The van der Waals surface area contributed by atoms with Crippen LogP contribution in [0.2, 0.25) is 0 Å². The first kappa shape index (κ1) is 15.4. The first-order chi connectivity index (χ1) is 8.70. The van der Waals surface area contributed by atoms with Crippen molar-refractivity contribution in [2.24, 2.45) is 0 Å². The molecule has 2 radical (unpaired) electrons. The number of carbonyl (C=O) groups is 1. The van der Waals surface area contributed by atoms with Crippen molar-refractivity contribution in [3.63, 3.8) is 0 Å². The van der Waals surface area contributed by atoms with Crippen molar-refractivity contribution in [1.29, 1.82) is 0 Å². The fourth-order valence-corrected chi connectivity index (χ4v) is 1.64. The Morgan fingerprint density at radius 1 is 1.47 bits per heavy atom. The van der Waals surface area contributed by atoms with Crippen LogP contribution in [0.5, 0.6) is 0 Å². The molecule has 0 bridgehead atoms. The summed E-state index contributed by atoms with van der Waals surface area (Å²) in [6.45, 7) is 7.64. The molecule has 0 aromatic heterocycles. The topological polar surface area (TPSA) is 64.3 Å². The van der Waals surface area contributed by atoms with E-state index in [4.69, 9.17) is 18.3 Å². The van der Waals surface area contributed by atoms with Crippen LogP contribution in [-0.4, -0.2) is 26.1 Å². The average Bonchev–Trinajstić information content (AvgIpc) is 2.27. The van der Waals surface area contributed by atoms with Gasteiger partial charge in [0.25, 0.3) is 0 Å². The Labute approximate surface area is 116 Å². The Kier molecular flexibility index (Phi) is 4.87. The zero-order valence-electron chi connectivity index (χ0n) is 12.0. The molecule has 4 nitrogen and oxygen atoms in total. The zero-order valence-corrected chi connectivity index (χ0v) is 12.0. The van der Waals surface area contributed by atoms with E-state index in [1.54, 1.807) is 0 Å². The molecule has 0 saturated carbocycles. The number of anilines is 1. The van der Waals surface area contributed by atoms with Gasteiger partial charge in [-0.05, 0) is 44.6 Å². The van der Waals surface area contributed by atoms with Gasteiger partial charge in [0.2, 0.25) is 0 Å². The van der Waals surface area contributed by atoms with E-state index in [1.807, 2.05) is 45.9 Å². The number of rotatable bonds is 3. The van der Waals surface area contributed by atoms with E-state index in [9.17, 15) is 4.79 Å². The van der Waals surface area contributed by atoms with Crippen LogP contribution in [-0.2, 0) is 4.74 Å². The highest BCUT2D eigenvalue weighted by Gasteiger charge is 2.17. The van der Waals surface area contributed by atoms with E-state index < -0.39 is 11.7 Å². The molecule has 0 saturated heterocycles. The lowest BCUT2D eigenvalue weighted by molar-refractivity contribution is 0.0528. The van der Waals surface area contributed by atoms with Crippen molar-refractivity contribution < 1.29 is 9.53 Å². The van der Waals surface area contributed by atoms with Gasteiger partial charge in [-0.2, -0.15) is 0 Å². The first-order valence-corrected chi connectivity index (χ1v) is 6.28. The molecule has 1 atom stereocenters. The third-order valence-electron chi connectivity index (χ3n) is 2.62. The number of nitrogens with one attached hydrogen (secondary N) is 1. The number of para-hydroxylation sites is 1. The van der Waals surface area contributed by atoms with Crippen LogP contribution < -0.4 is 11.1 Å². The number of benzene rings is 1. The standard InChI is InChI=1S/C14H21BN2O2/c1-9-6-5-7-10(12(9)16)11(15)8-17-13(18)19-14(2,3)4/h5-7,11H,8,16H2,1-4H3,(H,17,18).